The van der Waals surface area contributed by atoms with Crippen LogP contribution in [0.2, 0.25) is 0 Å². The van der Waals surface area contributed by atoms with Crippen LogP contribution < -0.4 is 5.32 Å². The summed E-state index contributed by atoms with van der Waals surface area (Å²) in [5.74, 6) is -1.49. The average Bonchev–Trinajstić information content (AvgIpc) is 2.31. The number of carboxylic acid groups (broad SMARTS) is 1. The van der Waals surface area contributed by atoms with Gasteiger partial charge in [0, 0.05) is 13.0 Å². The summed E-state index contributed by atoms with van der Waals surface area (Å²) in [5.41, 5.74) is 1.85. The van der Waals surface area contributed by atoms with Crippen LogP contribution in [0.25, 0.3) is 0 Å². The second-order valence-corrected chi connectivity index (χ2v) is 4.07. The predicted octanol–water partition coefficient (Wildman–Crippen LogP) is 0.489. The van der Waals surface area contributed by atoms with Gasteiger partial charge in [-0.2, -0.15) is 0 Å². The van der Waals surface area contributed by atoms with E-state index in [2.05, 4.69) is 5.32 Å². The van der Waals surface area contributed by atoms with Gasteiger partial charge in [0.05, 0.1) is 6.42 Å². The summed E-state index contributed by atoms with van der Waals surface area (Å²) in [5, 5.41) is 20.0. The molecular formula is C13H17NO4. The lowest BCUT2D eigenvalue weighted by Crippen LogP contribution is -2.42. The third-order valence-electron chi connectivity index (χ3n) is 2.66. The van der Waals surface area contributed by atoms with Crippen LogP contribution in [0.4, 0.5) is 0 Å². The zero-order valence-corrected chi connectivity index (χ0v) is 10.2. The van der Waals surface area contributed by atoms with E-state index in [0.717, 1.165) is 11.1 Å². The number of nitrogens with one attached hydrogen (secondary N) is 1. The molecule has 0 fully saturated rings. The number of aryl methyl sites for hydroxylation is 1. The van der Waals surface area contributed by atoms with E-state index in [1.54, 1.807) is 0 Å². The minimum atomic E-state index is -1.14. The van der Waals surface area contributed by atoms with Crippen LogP contribution in [-0.4, -0.2) is 34.7 Å². The SMILES string of the molecule is Cc1ccccc1CC(=O)N[C@H](CCO)C(=O)O. The van der Waals surface area contributed by atoms with Crippen molar-refractivity contribution in [2.75, 3.05) is 6.61 Å². The predicted molar refractivity (Wildman–Crippen MR) is 66.2 cm³/mol. The lowest BCUT2D eigenvalue weighted by Gasteiger charge is -2.13. The first-order valence-electron chi connectivity index (χ1n) is 5.72. The Kier molecular flexibility index (Phi) is 5.32. The van der Waals surface area contributed by atoms with Crippen LogP contribution in [0.15, 0.2) is 24.3 Å². The van der Waals surface area contributed by atoms with E-state index in [1.165, 1.54) is 0 Å². The molecule has 0 unspecified atom stereocenters. The van der Waals surface area contributed by atoms with Crippen molar-refractivity contribution >= 4 is 11.9 Å². The van der Waals surface area contributed by atoms with Crippen molar-refractivity contribution in [3.63, 3.8) is 0 Å². The van der Waals surface area contributed by atoms with Crippen molar-refractivity contribution in [3.05, 3.63) is 35.4 Å². The molecular weight excluding hydrogens is 234 g/mol. The van der Waals surface area contributed by atoms with E-state index in [-0.39, 0.29) is 25.4 Å². The molecule has 0 aromatic heterocycles. The van der Waals surface area contributed by atoms with Crippen LogP contribution >= 0.6 is 0 Å². The topological polar surface area (TPSA) is 86.6 Å². The Labute approximate surface area is 105 Å². The molecule has 0 bridgehead atoms. The maximum absolute atomic E-state index is 11.7. The second-order valence-electron chi connectivity index (χ2n) is 4.07. The van der Waals surface area contributed by atoms with Gasteiger partial charge in [-0.1, -0.05) is 24.3 Å². The zero-order chi connectivity index (χ0) is 13.5. The molecule has 0 heterocycles. The minimum absolute atomic E-state index is 0.00877. The monoisotopic (exact) mass is 251 g/mol. The van der Waals surface area contributed by atoms with Gasteiger partial charge in [0.1, 0.15) is 6.04 Å². The van der Waals surface area contributed by atoms with E-state index in [4.69, 9.17) is 10.2 Å². The number of carboxylic acids is 1. The van der Waals surface area contributed by atoms with Gasteiger partial charge >= 0.3 is 5.97 Å². The first-order valence-corrected chi connectivity index (χ1v) is 5.72. The second kappa shape index (κ2) is 6.76. The molecule has 98 valence electrons. The maximum Gasteiger partial charge on any atom is 0.326 e. The highest BCUT2D eigenvalue weighted by molar-refractivity contribution is 5.85. The van der Waals surface area contributed by atoms with Crippen LogP contribution in [0, 0.1) is 6.92 Å². The van der Waals surface area contributed by atoms with Crippen LogP contribution in [0.5, 0.6) is 0 Å². The number of aliphatic carboxylic acids is 1. The number of carbonyl (C=O) groups excluding carboxylic acids is 1. The van der Waals surface area contributed by atoms with Gasteiger partial charge in [0.2, 0.25) is 5.91 Å². The quantitative estimate of drug-likeness (QED) is 0.686. The normalized spacial score (nSPS) is 11.9. The molecule has 0 saturated carbocycles. The molecule has 5 heteroatoms. The molecule has 0 saturated heterocycles. The molecule has 5 nitrogen and oxygen atoms in total. The highest BCUT2D eigenvalue weighted by Crippen LogP contribution is 2.07. The summed E-state index contributed by atoms with van der Waals surface area (Å²) in [7, 11) is 0. The van der Waals surface area contributed by atoms with Crippen molar-refractivity contribution in [3.8, 4) is 0 Å². The molecule has 0 aliphatic heterocycles. The zero-order valence-electron chi connectivity index (χ0n) is 10.2. The number of amides is 1. The number of rotatable bonds is 6. The van der Waals surface area contributed by atoms with E-state index in [9.17, 15) is 9.59 Å². The van der Waals surface area contributed by atoms with Gasteiger partial charge in [-0.3, -0.25) is 4.79 Å². The first-order chi connectivity index (χ1) is 8.54. The van der Waals surface area contributed by atoms with E-state index in [0.29, 0.717) is 0 Å². The third-order valence-corrected chi connectivity index (χ3v) is 2.66. The number of carbonyl (C=O) groups is 2. The number of hydrogen-bond donors (Lipinski definition) is 3. The summed E-state index contributed by atoms with van der Waals surface area (Å²) < 4.78 is 0. The van der Waals surface area contributed by atoms with Gasteiger partial charge in [0.15, 0.2) is 0 Å². The van der Waals surface area contributed by atoms with Crippen molar-refractivity contribution in [2.24, 2.45) is 0 Å². The van der Waals surface area contributed by atoms with E-state index >= 15 is 0 Å². The summed E-state index contributed by atoms with van der Waals surface area (Å²) in [6.45, 7) is 1.62. The van der Waals surface area contributed by atoms with Gasteiger partial charge in [0.25, 0.3) is 0 Å². The smallest absolute Gasteiger partial charge is 0.326 e. The van der Waals surface area contributed by atoms with Gasteiger partial charge < -0.3 is 15.5 Å². The Bertz CT molecular complexity index is 431. The van der Waals surface area contributed by atoms with E-state index < -0.39 is 12.0 Å². The Morgan fingerprint density at radius 1 is 1.33 bits per heavy atom. The van der Waals surface area contributed by atoms with Crippen LogP contribution in [0.3, 0.4) is 0 Å². The number of benzene rings is 1. The molecule has 1 amide bonds. The highest BCUT2D eigenvalue weighted by Gasteiger charge is 2.19. The number of aliphatic hydroxyl groups is 1. The fourth-order valence-electron chi connectivity index (χ4n) is 1.61. The Morgan fingerprint density at radius 3 is 2.56 bits per heavy atom. The summed E-state index contributed by atoms with van der Waals surface area (Å²) in [6.07, 6.45) is 0.150. The fourth-order valence-corrected chi connectivity index (χ4v) is 1.61. The standard InChI is InChI=1S/C13H17NO4/c1-9-4-2-3-5-10(9)8-12(16)14-11(6-7-15)13(17)18/h2-5,11,15H,6-8H2,1H3,(H,14,16)(H,17,18)/t11-/m1/s1. The van der Waals surface area contributed by atoms with Gasteiger partial charge in [-0.15, -0.1) is 0 Å². The number of aliphatic hydroxyl groups excluding tert-OH is 1. The van der Waals surface area contributed by atoms with Crippen molar-refractivity contribution < 1.29 is 19.8 Å². The minimum Gasteiger partial charge on any atom is -0.480 e. The Morgan fingerprint density at radius 2 is 2.00 bits per heavy atom. The molecule has 1 rings (SSSR count). The number of hydrogen-bond acceptors (Lipinski definition) is 3. The first kappa shape index (κ1) is 14.2. The molecule has 0 aliphatic carbocycles. The van der Waals surface area contributed by atoms with Crippen LogP contribution in [0.1, 0.15) is 17.5 Å². The van der Waals surface area contributed by atoms with Crippen molar-refractivity contribution in [2.45, 2.75) is 25.8 Å². The molecule has 0 spiro atoms. The van der Waals surface area contributed by atoms with Crippen LogP contribution in [-0.2, 0) is 16.0 Å². The highest BCUT2D eigenvalue weighted by atomic mass is 16.4. The molecule has 1 aromatic carbocycles. The Balaban J connectivity index is 2.61. The lowest BCUT2D eigenvalue weighted by atomic mass is 10.1. The molecule has 3 N–H and O–H groups in total. The molecule has 1 atom stereocenters. The third kappa shape index (κ3) is 4.18. The molecule has 1 aromatic rings. The van der Waals surface area contributed by atoms with Gasteiger partial charge in [-0.25, -0.2) is 4.79 Å². The van der Waals surface area contributed by atoms with Gasteiger partial charge in [-0.05, 0) is 18.1 Å². The molecule has 18 heavy (non-hydrogen) atoms. The van der Waals surface area contributed by atoms with Crippen molar-refractivity contribution in [1.29, 1.82) is 0 Å². The van der Waals surface area contributed by atoms with Crippen molar-refractivity contribution in [1.82, 2.24) is 5.32 Å². The van der Waals surface area contributed by atoms with E-state index in [1.807, 2.05) is 31.2 Å². The largest absolute Gasteiger partial charge is 0.480 e. The molecule has 0 radical (unpaired) electrons. The maximum atomic E-state index is 11.7. The summed E-state index contributed by atoms with van der Waals surface area (Å²) in [6, 6.07) is 6.40. The summed E-state index contributed by atoms with van der Waals surface area (Å²) in [4.78, 5) is 22.5. The summed E-state index contributed by atoms with van der Waals surface area (Å²) >= 11 is 0. The average molecular weight is 251 g/mol. The Hall–Kier alpha value is -1.88. The lowest BCUT2D eigenvalue weighted by molar-refractivity contribution is -0.142. The fraction of sp³-hybridized carbons (Fsp3) is 0.385. The molecule has 0 aliphatic rings.